The summed E-state index contributed by atoms with van der Waals surface area (Å²) < 4.78 is 0. The van der Waals surface area contributed by atoms with Gasteiger partial charge < -0.3 is 24.8 Å². The Kier molecular flexibility index (Phi) is 6.95. The molecular weight excluding hydrogens is 167 g/mol. The molecule has 2 heteroatoms. The Balaban J connectivity index is 0. The van der Waals surface area contributed by atoms with E-state index in [9.17, 15) is 0 Å². The number of rotatable bonds is 0. The molecule has 0 spiro atoms. The maximum absolute atomic E-state index is 2.12. The third-order valence-corrected chi connectivity index (χ3v) is 1.22. The molecule has 0 saturated carbocycles. The lowest BCUT2D eigenvalue weighted by Gasteiger charge is -1.90. The second-order valence-corrected chi connectivity index (χ2v) is 2.15. The summed E-state index contributed by atoms with van der Waals surface area (Å²) in [5, 5.41) is 0. The van der Waals surface area contributed by atoms with E-state index in [0.717, 1.165) is 0 Å². The highest BCUT2D eigenvalue weighted by Crippen LogP contribution is 1.99. The van der Waals surface area contributed by atoms with E-state index in [2.05, 4.69) is 38.1 Å². The second-order valence-electron chi connectivity index (χ2n) is 2.15. The molecule has 0 unspecified atom stereocenters. The smallest absolute Gasteiger partial charge is 0.0398 e. The van der Waals surface area contributed by atoms with E-state index in [1.54, 1.807) is 0 Å². The van der Waals surface area contributed by atoms with E-state index < -0.39 is 0 Å². The van der Waals surface area contributed by atoms with Crippen molar-refractivity contribution in [1.29, 1.82) is 0 Å². The fourth-order valence-corrected chi connectivity index (χ4v) is 0.637. The lowest BCUT2D eigenvalue weighted by molar-refractivity contribution is -0.00100. The van der Waals surface area contributed by atoms with Gasteiger partial charge in [0.2, 0.25) is 0 Å². The first-order valence-electron chi connectivity index (χ1n) is 2.82. The van der Waals surface area contributed by atoms with E-state index in [1.165, 1.54) is 11.1 Å². The van der Waals surface area contributed by atoms with Gasteiger partial charge >= 0.3 is 0 Å². The lowest BCUT2D eigenvalue weighted by atomic mass is 10.2. The molecule has 0 bridgehead atoms. The van der Waals surface area contributed by atoms with Gasteiger partial charge in [0.1, 0.15) is 0 Å². The van der Waals surface area contributed by atoms with E-state index in [0.29, 0.717) is 0 Å². The van der Waals surface area contributed by atoms with Crippen LogP contribution < -0.4 is 24.8 Å². The Bertz CT molecular complexity index is 146. The fourth-order valence-electron chi connectivity index (χ4n) is 0.637. The Labute approximate surface area is 74.5 Å². The van der Waals surface area contributed by atoms with Gasteiger partial charge in [0, 0.05) is 0 Å². The summed E-state index contributed by atoms with van der Waals surface area (Å²) in [5.74, 6) is 0. The zero-order valence-corrected chi connectivity index (χ0v) is 7.58. The summed E-state index contributed by atoms with van der Waals surface area (Å²) in [6, 6.07) is 8.48. The summed E-state index contributed by atoms with van der Waals surface area (Å²) in [6.07, 6.45) is 0. The van der Waals surface area contributed by atoms with Crippen molar-refractivity contribution in [2.75, 3.05) is 0 Å². The normalized spacial score (nSPS) is 7.40. The molecule has 0 saturated heterocycles. The minimum absolute atomic E-state index is 0. The first-order valence-corrected chi connectivity index (χ1v) is 2.82. The van der Waals surface area contributed by atoms with Crippen molar-refractivity contribution in [3.8, 4) is 0 Å². The fraction of sp³-hybridized carbons (Fsp3) is 0.250. The quantitative estimate of drug-likeness (QED) is 0.383. The highest BCUT2D eigenvalue weighted by atomic mass is 35.5. The maximum atomic E-state index is 2.12. The van der Waals surface area contributed by atoms with Crippen LogP contribution in [-0.4, -0.2) is 0 Å². The topological polar surface area (TPSA) is 0 Å². The molecule has 0 heterocycles. The van der Waals surface area contributed by atoms with Crippen LogP contribution in [0.4, 0.5) is 0 Å². The van der Waals surface area contributed by atoms with Crippen LogP contribution in [0.25, 0.3) is 0 Å². The molecule has 0 aliphatic carbocycles. The zero-order valence-electron chi connectivity index (χ0n) is 6.07. The molecule has 0 amide bonds. The van der Waals surface area contributed by atoms with Crippen molar-refractivity contribution in [2.24, 2.45) is 0 Å². The van der Waals surface area contributed by atoms with Gasteiger partial charge in [-0.1, -0.05) is 35.4 Å². The molecule has 0 aliphatic heterocycles. The molecule has 0 fully saturated rings. The third kappa shape index (κ3) is 3.76. The largest absolute Gasteiger partial charge is 1.00 e. The highest BCUT2D eigenvalue weighted by Gasteiger charge is 1.79. The van der Waals surface area contributed by atoms with Gasteiger partial charge in [0.15, 0.2) is 0 Å². The van der Waals surface area contributed by atoms with Crippen molar-refractivity contribution in [3.63, 3.8) is 0 Å². The van der Waals surface area contributed by atoms with Crippen molar-refractivity contribution < 1.29 is 24.8 Å². The summed E-state index contributed by atoms with van der Waals surface area (Å²) in [6.45, 7) is 4.19. The lowest BCUT2D eigenvalue weighted by Crippen LogP contribution is -3.00. The van der Waals surface area contributed by atoms with Gasteiger partial charge in [0.25, 0.3) is 0 Å². The summed E-state index contributed by atoms with van der Waals surface area (Å²) in [4.78, 5) is 0. The standard InChI is InChI=1S/C8H10.2ClH/c1-7-3-5-8(2)6-4-7;;/h3-6H,1-2H3;2*1H/p-2. The Hall–Kier alpha value is -0.200. The van der Waals surface area contributed by atoms with Crippen LogP contribution in [0.1, 0.15) is 11.1 Å². The molecule has 0 N–H and O–H groups in total. The summed E-state index contributed by atoms with van der Waals surface area (Å²) in [5.41, 5.74) is 2.66. The molecular formula is C8H10Cl2-2. The number of hydrogen-bond donors (Lipinski definition) is 0. The van der Waals surface area contributed by atoms with Crippen molar-refractivity contribution in [2.45, 2.75) is 13.8 Å². The van der Waals surface area contributed by atoms with E-state index in [1.807, 2.05) is 0 Å². The molecule has 1 aromatic rings. The van der Waals surface area contributed by atoms with Gasteiger partial charge in [-0.3, -0.25) is 0 Å². The Morgan fingerprint density at radius 2 is 0.900 bits per heavy atom. The highest BCUT2D eigenvalue weighted by molar-refractivity contribution is 5.19. The molecule has 0 aromatic heterocycles. The van der Waals surface area contributed by atoms with E-state index in [-0.39, 0.29) is 24.8 Å². The summed E-state index contributed by atoms with van der Waals surface area (Å²) in [7, 11) is 0. The minimum Gasteiger partial charge on any atom is -1.00 e. The first-order chi connectivity index (χ1) is 3.79. The van der Waals surface area contributed by atoms with Crippen LogP contribution in [0.5, 0.6) is 0 Å². The van der Waals surface area contributed by atoms with Gasteiger partial charge in [-0.25, -0.2) is 0 Å². The first kappa shape index (κ1) is 12.5. The van der Waals surface area contributed by atoms with Crippen LogP contribution in [-0.2, 0) is 0 Å². The molecule has 0 nitrogen and oxygen atoms in total. The van der Waals surface area contributed by atoms with Crippen LogP contribution >= 0.6 is 0 Å². The molecule has 0 atom stereocenters. The van der Waals surface area contributed by atoms with Crippen LogP contribution in [0.15, 0.2) is 24.3 Å². The van der Waals surface area contributed by atoms with Gasteiger partial charge in [-0.15, -0.1) is 0 Å². The third-order valence-electron chi connectivity index (χ3n) is 1.22. The SMILES string of the molecule is Cc1ccc(C)cc1.[Cl-].[Cl-]. The number of hydrogen-bond acceptors (Lipinski definition) is 0. The minimum atomic E-state index is 0. The molecule has 10 heavy (non-hydrogen) atoms. The van der Waals surface area contributed by atoms with Gasteiger partial charge in [0.05, 0.1) is 0 Å². The van der Waals surface area contributed by atoms with Crippen molar-refractivity contribution in [3.05, 3.63) is 35.4 Å². The monoisotopic (exact) mass is 176 g/mol. The molecule has 58 valence electrons. The molecule has 0 radical (unpaired) electrons. The zero-order chi connectivity index (χ0) is 5.98. The predicted octanol–water partition coefficient (Wildman–Crippen LogP) is -3.69. The molecule has 0 aliphatic rings. The maximum Gasteiger partial charge on any atom is -0.0398 e. The van der Waals surface area contributed by atoms with Gasteiger partial charge in [-0.05, 0) is 13.8 Å². The number of halogens is 2. The average molecular weight is 177 g/mol. The van der Waals surface area contributed by atoms with Crippen molar-refractivity contribution >= 4 is 0 Å². The van der Waals surface area contributed by atoms with Crippen molar-refractivity contribution in [1.82, 2.24) is 0 Å². The molecule has 1 rings (SSSR count). The van der Waals surface area contributed by atoms with E-state index in [4.69, 9.17) is 0 Å². The van der Waals surface area contributed by atoms with Crippen LogP contribution in [0.2, 0.25) is 0 Å². The Morgan fingerprint density at radius 3 is 1.10 bits per heavy atom. The van der Waals surface area contributed by atoms with Crippen LogP contribution in [0, 0.1) is 13.8 Å². The predicted molar refractivity (Wildman–Crippen MR) is 35.9 cm³/mol. The van der Waals surface area contributed by atoms with E-state index >= 15 is 0 Å². The van der Waals surface area contributed by atoms with Crippen LogP contribution in [0.3, 0.4) is 0 Å². The Morgan fingerprint density at radius 1 is 0.700 bits per heavy atom. The molecule has 1 aromatic carbocycles. The number of benzene rings is 1. The summed E-state index contributed by atoms with van der Waals surface area (Å²) >= 11 is 0. The average Bonchev–Trinajstić information content (AvgIpc) is 1.77. The number of aryl methyl sites for hydroxylation is 2. The van der Waals surface area contributed by atoms with Gasteiger partial charge in [-0.2, -0.15) is 0 Å². The second kappa shape index (κ2) is 5.57.